The van der Waals surface area contributed by atoms with Gasteiger partial charge in [-0.3, -0.25) is 0 Å². The van der Waals surface area contributed by atoms with Crippen molar-refractivity contribution in [3.63, 3.8) is 0 Å². The number of sulfonamides is 1. The Bertz CT molecular complexity index is 331. The fourth-order valence-electron chi connectivity index (χ4n) is 3.10. The Labute approximate surface area is 111 Å². The maximum atomic E-state index is 11.9. The molecule has 0 aromatic carbocycles. The van der Waals surface area contributed by atoms with Crippen LogP contribution < -0.4 is 10.0 Å². The maximum Gasteiger partial charge on any atom is 0.211 e. The van der Waals surface area contributed by atoms with Crippen LogP contribution in [0.2, 0.25) is 0 Å². The molecule has 2 aliphatic rings. The monoisotopic (exact) mass is 274 g/mol. The minimum absolute atomic E-state index is 0.343. The van der Waals surface area contributed by atoms with Crippen LogP contribution in [0.1, 0.15) is 44.9 Å². The third-order valence-electron chi connectivity index (χ3n) is 4.22. The Kier molecular flexibility index (Phi) is 5.45. The van der Waals surface area contributed by atoms with E-state index in [9.17, 15) is 8.42 Å². The number of hydrogen-bond donors (Lipinski definition) is 2. The highest BCUT2D eigenvalue weighted by molar-refractivity contribution is 7.89. The molecule has 1 aliphatic carbocycles. The van der Waals surface area contributed by atoms with Gasteiger partial charge in [0.2, 0.25) is 10.0 Å². The zero-order valence-electron chi connectivity index (χ0n) is 11.2. The Balaban J connectivity index is 1.66. The van der Waals surface area contributed by atoms with Crippen molar-refractivity contribution in [3.8, 4) is 0 Å². The lowest BCUT2D eigenvalue weighted by atomic mass is 9.91. The van der Waals surface area contributed by atoms with E-state index in [2.05, 4.69) is 10.0 Å². The van der Waals surface area contributed by atoms with Gasteiger partial charge >= 0.3 is 0 Å². The Morgan fingerprint density at radius 3 is 2.50 bits per heavy atom. The van der Waals surface area contributed by atoms with E-state index in [-0.39, 0.29) is 0 Å². The van der Waals surface area contributed by atoms with Crippen molar-refractivity contribution in [2.45, 2.75) is 44.9 Å². The van der Waals surface area contributed by atoms with E-state index in [1.807, 2.05) is 0 Å². The van der Waals surface area contributed by atoms with Crippen molar-refractivity contribution in [2.24, 2.45) is 11.8 Å². The first-order valence-corrected chi connectivity index (χ1v) is 8.99. The predicted molar refractivity (Wildman–Crippen MR) is 74.0 cm³/mol. The summed E-state index contributed by atoms with van der Waals surface area (Å²) in [6.45, 7) is 2.74. The standard InChI is InChI=1S/C13H26N2O2S/c16-18(17,11-13-4-2-1-3-5-13)15-9-7-12-6-8-14-10-12/h12-15H,1-11H2. The van der Waals surface area contributed by atoms with Gasteiger partial charge in [-0.2, -0.15) is 0 Å². The first-order valence-electron chi connectivity index (χ1n) is 7.34. The largest absolute Gasteiger partial charge is 0.316 e. The Morgan fingerprint density at radius 1 is 1.06 bits per heavy atom. The second kappa shape index (κ2) is 6.87. The number of rotatable bonds is 6. The molecular weight excluding hydrogens is 248 g/mol. The van der Waals surface area contributed by atoms with Gasteiger partial charge in [-0.05, 0) is 50.6 Å². The number of hydrogen-bond acceptors (Lipinski definition) is 3. The van der Waals surface area contributed by atoms with Crippen LogP contribution in [0.3, 0.4) is 0 Å². The summed E-state index contributed by atoms with van der Waals surface area (Å²) in [5, 5.41) is 3.31. The first kappa shape index (κ1) is 14.3. The molecule has 4 nitrogen and oxygen atoms in total. The van der Waals surface area contributed by atoms with E-state index in [0.717, 1.165) is 32.4 Å². The average molecular weight is 274 g/mol. The zero-order valence-corrected chi connectivity index (χ0v) is 12.0. The van der Waals surface area contributed by atoms with E-state index in [1.54, 1.807) is 0 Å². The third kappa shape index (κ3) is 4.86. The summed E-state index contributed by atoms with van der Waals surface area (Å²) >= 11 is 0. The molecule has 2 rings (SSSR count). The molecule has 106 valence electrons. The number of nitrogens with one attached hydrogen (secondary N) is 2. The van der Waals surface area contributed by atoms with Gasteiger partial charge in [-0.25, -0.2) is 13.1 Å². The van der Waals surface area contributed by atoms with Crippen molar-refractivity contribution < 1.29 is 8.42 Å². The SMILES string of the molecule is O=S(=O)(CC1CCCCC1)NCCC1CCNC1. The summed E-state index contributed by atoms with van der Waals surface area (Å²) in [7, 11) is -3.04. The van der Waals surface area contributed by atoms with Gasteiger partial charge in [0.15, 0.2) is 0 Å². The van der Waals surface area contributed by atoms with Gasteiger partial charge in [0.05, 0.1) is 5.75 Å². The normalized spacial score (nSPS) is 26.6. The third-order valence-corrected chi connectivity index (χ3v) is 5.77. The summed E-state index contributed by atoms with van der Waals surface area (Å²) in [5.74, 6) is 1.39. The molecule has 0 aromatic rings. The molecule has 1 atom stereocenters. The maximum absolute atomic E-state index is 11.9. The second-order valence-electron chi connectivity index (χ2n) is 5.83. The second-order valence-corrected chi connectivity index (χ2v) is 7.68. The van der Waals surface area contributed by atoms with Crippen molar-refractivity contribution in [3.05, 3.63) is 0 Å². The van der Waals surface area contributed by atoms with E-state index in [1.165, 1.54) is 25.7 Å². The van der Waals surface area contributed by atoms with Crippen LogP contribution in [0.25, 0.3) is 0 Å². The smallest absolute Gasteiger partial charge is 0.211 e. The molecule has 1 heterocycles. The van der Waals surface area contributed by atoms with Crippen LogP contribution in [-0.2, 0) is 10.0 Å². The lowest BCUT2D eigenvalue weighted by Gasteiger charge is -2.21. The molecule has 2 N–H and O–H groups in total. The Morgan fingerprint density at radius 2 is 1.83 bits per heavy atom. The van der Waals surface area contributed by atoms with Gasteiger partial charge in [-0.15, -0.1) is 0 Å². The molecular formula is C13H26N2O2S. The fraction of sp³-hybridized carbons (Fsp3) is 1.00. The summed E-state index contributed by atoms with van der Waals surface area (Å²) < 4.78 is 26.7. The Hall–Kier alpha value is -0.130. The molecule has 0 amide bonds. The van der Waals surface area contributed by atoms with Crippen LogP contribution in [0, 0.1) is 11.8 Å². The van der Waals surface area contributed by atoms with Crippen molar-refractivity contribution in [1.29, 1.82) is 0 Å². The summed E-state index contributed by atoms with van der Waals surface area (Å²) in [5.41, 5.74) is 0. The first-order chi connectivity index (χ1) is 8.66. The van der Waals surface area contributed by atoms with E-state index < -0.39 is 10.0 Å². The molecule has 0 aromatic heterocycles. The highest BCUT2D eigenvalue weighted by Crippen LogP contribution is 2.24. The molecule has 0 bridgehead atoms. The van der Waals surface area contributed by atoms with Crippen molar-refractivity contribution in [1.82, 2.24) is 10.0 Å². The highest BCUT2D eigenvalue weighted by Gasteiger charge is 2.21. The van der Waals surface area contributed by atoms with Gasteiger partial charge < -0.3 is 5.32 Å². The molecule has 1 unspecified atom stereocenters. The van der Waals surface area contributed by atoms with Crippen LogP contribution in [0.4, 0.5) is 0 Å². The fourth-order valence-corrected chi connectivity index (χ4v) is 4.60. The van der Waals surface area contributed by atoms with Crippen LogP contribution in [0.5, 0.6) is 0 Å². The van der Waals surface area contributed by atoms with Crippen LogP contribution in [0.15, 0.2) is 0 Å². The minimum atomic E-state index is -3.04. The summed E-state index contributed by atoms with van der Waals surface area (Å²) in [6.07, 6.45) is 8.02. The molecule has 18 heavy (non-hydrogen) atoms. The van der Waals surface area contributed by atoms with E-state index in [0.29, 0.717) is 24.1 Å². The molecule has 1 saturated carbocycles. The average Bonchev–Trinajstić information content (AvgIpc) is 2.82. The predicted octanol–water partition coefficient (Wildman–Crippen LogP) is 1.49. The van der Waals surface area contributed by atoms with E-state index in [4.69, 9.17) is 0 Å². The van der Waals surface area contributed by atoms with Crippen molar-refractivity contribution in [2.75, 3.05) is 25.4 Å². The minimum Gasteiger partial charge on any atom is -0.316 e. The van der Waals surface area contributed by atoms with Gasteiger partial charge in [0.1, 0.15) is 0 Å². The molecule has 0 spiro atoms. The topological polar surface area (TPSA) is 58.2 Å². The van der Waals surface area contributed by atoms with Gasteiger partial charge in [0.25, 0.3) is 0 Å². The van der Waals surface area contributed by atoms with Crippen LogP contribution in [-0.4, -0.2) is 33.8 Å². The summed E-state index contributed by atoms with van der Waals surface area (Å²) in [6, 6.07) is 0. The van der Waals surface area contributed by atoms with Gasteiger partial charge in [-0.1, -0.05) is 19.3 Å². The highest BCUT2D eigenvalue weighted by atomic mass is 32.2. The molecule has 2 fully saturated rings. The van der Waals surface area contributed by atoms with Gasteiger partial charge in [0, 0.05) is 6.54 Å². The zero-order chi connectivity index (χ0) is 12.8. The lowest BCUT2D eigenvalue weighted by molar-refractivity contribution is 0.383. The lowest BCUT2D eigenvalue weighted by Crippen LogP contribution is -2.32. The molecule has 5 heteroatoms. The molecule has 1 aliphatic heterocycles. The van der Waals surface area contributed by atoms with Crippen LogP contribution >= 0.6 is 0 Å². The van der Waals surface area contributed by atoms with E-state index >= 15 is 0 Å². The molecule has 1 saturated heterocycles. The van der Waals surface area contributed by atoms with Crippen molar-refractivity contribution >= 4 is 10.0 Å². The molecule has 0 radical (unpaired) electrons. The summed E-state index contributed by atoms with van der Waals surface area (Å²) in [4.78, 5) is 0. The quantitative estimate of drug-likeness (QED) is 0.771.